The van der Waals surface area contributed by atoms with Gasteiger partial charge in [-0.1, -0.05) is 11.6 Å². The fourth-order valence-corrected chi connectivity index (χ4v) is 1.99. The van der Waals surface area contributed by atoms with Crippen LogP contribution in [0, 0.1) is 0 Å². The van der Waals surface area contributed by atoms with Crippen molar-refractivity contribution in [2.75, 3.05) is 18.6 Å². The summed E-state index contributed by atoms with van der Waals surface area (Å²) in [5, 5.41) is 0.459. The second kappa shape index (κ2) is 5.20. The van der Waals surface area contributed by atoms with Crippen LogP contribution < -0.4 is 16.2 Å². The second-order valence-electron chi connectivity index (χ2n) is 4.06. The molecule has 4 N–H and O–H groups in total. The van der Waals surface area contributed by atoms with Gasteiger partial charge < -0.3 is 16.2 Å². The van der Waals surface area contributed by atoms with E-state index in [2.05, 4.69) is 0 Å². The molecule has 0 spiro atoms. The van der Waals surface area contributed by atoms with Crippen LogP contribution in [0.25, 0.3) is 0 Å². The number of anilines is 2. The summed E-state index contributed by atoms with van der Waals surface area (Å²) in [4.78, 5) is 12.4. The predicted molar refractivity (Wildman–Crippen MR) is 76.7 cm³/mol. The van der Waals surface area contributed by atoms with Crippen molar-refractivity contribution in [3.63, 3.8) is 0 Å². The van der Waals surface area contributed by atoms with Gasteiger partial charge in [0, 0.05) is 22.0 Å². The fourth-order valence-electron chi connectivity index (χ4n) is 1.82. The third-order valence-electron chi connectivity index (χ3n) is 2.65. The number of benzene rings is 2. The first-order valence-electron chi connectivity index (χ1n) is 5.55. The maximum absolute atomic E-state index is 12.4. The zero-order chi connectivity index (χ0) is 14.0. The molecule has 5 heteroatoms. The lowest BCUT2D eigenvalue weighted by Crippen LogP contribution is -2.05. The van der Waals surface area contributed by atoms with Crippen LogP contribution in [0.2, 0.25) is 5.02 Å². The van der Waals surface area contributed by atoms with E-state index >= 15 is 0 Å². The van der Waals surface area contributed by atoms with Crippen molar-refractivity contribution in [3.8, 4) is 5.75 Å². The molecule has 2 aromatic carbocycles. The number of nitrogens with two attached hydrogens (primary N) is 2. The number of halogens is 1. The lowest BCUT2D eigenvalue weighted by Gasteiger charge is -2.09. The molecule has 0 atom stereocenters. The molecule has 0 heterocycles. The van der Waals surface area contributed by atoms with E-state index in [1.807, 2.05) is 0 Å². The summed E-state index contributed by atoms with van der Waals surface area (Å²) < 4.78 is 5.16. The standard InChI is InChI=1S/C14H13ClN2O2/c1-19-13-3-2-9(15)6-12(13)14(18)8-4-10(16)7-11(17)5-8/h2-7H,16-17H2,1H3. The maximum atomic E-state index is 12.4. The number of carbonyl (C=O) groups is 1. The van der Waals surface area contributed by atoms with Gasteiger partial charge in [-0.05, 0) is 36.4 Å². The molecule has 0 fully saturated rings. The Bertz CT molecular complexity index is 621. The van der Waals surface area contributed by atoms with Crippen molar-refractivity contribution < 1.29 is 9.53 Å². The highest BCUT2D eigenvalue weighted by molar-refractivity contribution is 6.31. The van der Waals surface area contributed by atoms with Gasteiger partial charge in [0.05, 0.1) is 12.7 Å². The van der Waals surface area contributed by atoms with Crippen molar-refractivity contribution in [1.29, 1.82) is 0 Å². The van der Waals surface area contributed by atoms with Crippen molar-refractivity contribution in [2.45, 2.75) is 0 Å². The predicted octanol–water partition coefficient (Wildman–Crippen LogP) is 2.74. The minimum Gasteiger partial charge on any atom is -0.496 e. The molecule has 19 heavy (non-hydrogen) atoms. The summed E-state index contributed by atoms with van der Waals surface area (Å²) in [6.07, 6.45) is 0. The van der Waals surface area contributed by atoms with Crippen LogP contribution in [0.15, 0.2) is 36.4 Å². The van der Waals surface area contributed by atoms with E-state index in [9.17, 15) is 4.79 Å². The van der Waals surface area contributed by atoms with Crippen LogP contribution in [0.5, 0.6) is 5.75 Å². The van der Waals surface area contributed by atoms with Crippen molar-refractivity contribution in [2.24, 2.45) is 0 Å². The van der Waals surface area contributed by atoms with Gasteiger partial charge in [0.25, 0.3) is 0 Å². The number of hydrogen-bond donors (Lipinski definition) is 2. The number of ether oxygens (including phenoxy) is 1. The Morgan fingerprint density at radius 2 is 1.74 bits per heavy atom. The maximum Gasteiger partial charge on any atom is 0.196 e. The monoisotopic (exact) mass is 276 g/mol. The van der Waals surface area contributed by atoms with Gasteiger partial charge in [-0.25, -0.2) is 0 Å². The van der Waals surface area contributed by atoms with Gasteiger partial charge in [0.15, 0.2) is 5.78 Å². The minimum absolute atomic E-state index is 0.238. The first-order chi connectivity index (χ1) is 9.01. The highest BCUT2D eigenvalue weighted by atomic mass is 35.5. The van der Waals surface area contributed by atoms with Gasteiger partial charge in [-0.2, -0.15) is 0 Å². The smallest absolute Gasteiger partial charge is 0.196 e. The van der Waals surface area contributed by atoms with Gasteiger partial charge >= 0.3 is 0 Å². The van der Waals surface area contributed by atoms with Gasteiger partial charge in [-0.15, -0.1) is 0 Å². The average Bonchev–Trinajstić information content (AvgIpc) is 2.36. The quantitative estimate of drug-likeness (QED) is 0.667. The van der Waals surface area contributed by atoms with Crippen molar-refractivity contribution in [1.82, 2.24) is 0 Å². The van der Waals surface area contributed by atoms with Crippen LogP contribution in [0.3, 0.4) is 0 Å². The van der Waals surface area contributed by atoms with E-state index in [1.54, 1.807) is 36.4 Å². The molecule has 0 aliphatic carbocycles. The lowest BCUT2D eigenvalue weighted by molar-refractivity contribution is 0.103. The Balaban J connectivity index is 2.52. The van der Waals surface area contributed by atoms with E-state index in [0.717, 1.165) is 0 Å². The zero-order valence-electron chi connectivity index (χ0n) is 10.3. The summed E-state index contributed by atoms with van der Waals surface area (Å²) >= 11 is 5.91. The molecule has 2 aromatic rings. The summed E-state index contributed by atoms with van der Waals surface area (Å²) in [6, 6.07) is 9.59. The molecular formula is C14H13ClN2O2. The third kappa shape index (κ3) is 2.80. The van der Waals surface area contributed by atoms with Crippen molar-refractivity contribution >= 4 is 28.8 Å². The molecule has 0 radical (unpaired) electrons. The van der Waals surface area contributed by atoms with E-state index in [1.165, 1.54) is 7.11 Å². The second-order valence-corrected chi connectivity index (χ2v) is 4.50. The highest BCUT2D eigenvalue weighted by Crippen LogP contribution is 2.26. The van der Waals surface area contributed by atoms with Crippen molar-refractivity contribution in [3.05, 3.63) is 52.5 Å². The molecule has 0 unspecified atom stereocenters. The van der Waals surface area contributed by atoms with E-state index in [4.69, 9.17) is 27.8 Å². The fraction of sp³-hybridized carbons (Fsp3) is 0.0714. The van der Waals surface area contributed by atoms with Crippen LogP contribution in [-0.4, -0.2) is 12.9 Å². The molecule has 0 amide bonds. The Morgan fingerprint density at radius 1 is 1.11 bits per heavy atom. The molecule has 2 rings (SSSR count). The summed E-state index contributed by atoms with van der Waals surface area (Å²) in [5.41, 5.74) is 13.0. The minimum atomic E-state index is -0.238. The molecule has 0 bridgehead atoms. The Kier molecular flexibility index (Phi) is 3.62. The summed E-state index contributed by atoms with van der Waals surface area (Å²) in [7, 11) is 1.49. The molecule has 0 saturated heterocycles. The summed E-state index contributed by atoms with van der Waals surface area (Å²) in [5.74, 6) is 0.216. The molecule has 0 aliphatic heterocycles. The molecule has 0 saturated carbocycles. The third-order valence-corrected chi connectivity index (χ3v) is 2.88. The van der Waals surface area contributed by atoms with Crippen LogP contribution in [0.4, 0.5) is 11.4 Å². The number of methoxy groups -OCH3 is 1. The van der Waals surface area contributed by atoms with Crippen LogP contribution >= 0.6 is 11.6 Å². The van der Waals surface area contributed by atoms with Crippen LogP contribution in [0.1, 0.15) is 15.9 Å². The SMILES string of the molecule is COc1ccc(Cl)cc1C(=O)c1cc(N)cc(N)c1. The van der Waals surface area contributed by atoms with Crippen LogP contribution in [-0.2, 0) is 0 Å². The van der Waals surface area contributed by atoms with Gasteiger partial charge in [-0.3, -0.25) is 4.79 Å². The summed E-state index contributed by atoms with van der Waals surface area (Å²) in [6.45, 7) is 0. The Hall–Kier alpha value is -2.20. The first-order valence-corrected chi connectivity index (χ1v) is 5.93. The molecule has 4 nitrogen and oxygen atoms in total. The van der Waals surface area contributed by atoms with Gasteiger partial charge in [0.2, 0.25) is 0 Å². The Morgan fingerprint density at radius 3 is 2.32 bits per heavy atom. The first kappa shape index (κ1) is 13.2. The number of carbonyl (C=O) groups excluding carboxylic acids is 1. The molecule has 0 aliphatic rings. The Labute approximate surface area is 115 Å². The number of nitrogen functional groups attached to an aromatic ring is 2. The number of ketones is 1. The van der Waals surface area contributed by atoms with E-state index in [-0.39, 0.29) is 5.78 Å². The molecule has 98 valence electrons. The lowest BCUT2D eigenvalue weighted by atomic mass is 10.0. The van der Waals surface area contributed by atoms with Gasteiger partial charge in [0.1, 0.15) is 5.75 Å². The molecule has 0 aromatic heterocycles. The zero-order valence-corrected chi connectivity index (χ0v) is 11.1. The van der Waals surface area contributed by atoms with E-state index in [0.29, 0.717) is 33.3 Å². The topological polar surface area (TPSA) is 78.3 Å². The number of hydrogen-bond acceptors (Lipinski definition) is 4. The van der Waals surface area contributed by atoms with E-state index < -0.39 is 0 Å². The number of rotatable bonds is 3. The normalized spacial score (nSPS) is 10.2. The largest absolute Gasteiger partial charge is 0.496 e. The molecular weight excluding hydrogens is 264 g/mol. The average molecular weight is 277 g/mol. The highest BCUT2D eigenvalue weighted by Gasteiger charge is 2.15.